The van der Waals surface area contributed by atoms with Gasteiger partial charge < -0.3 is 15.4 Å². The Labute approximate surface area is 197 Å². The van der Waals surface area contributed by atoms with Crippen LogP contribution >= 0.6 is 0 Å². The van der Waals surface area contributed by atoms with Crippen LogP contribution in [0.5, 0.6) is 5.75 Å². The van der Waals surface area contributed by atoms with Crippen LogP contribution in [0.1, 0.15) is 29.3 Å². The Balaban J connectivity index is 1.35. The molecule has 0 saturated carbocycles. The van der Waals surface area contributed by atoms with Crippen molar-refractivity contribution < 1.29 is 13.9 Å². The lowest BCUT2D eigenvalue weighted by molar-refractivity contribution is 0.0951. The van der Waals surface area contributed by atoms with Crippen LogP contribution in [0.2, 0.25) is 0 Å². The average Bonchev–Trinajstić information content (AvgIpc) is 2.87. The first-order valence-electron chi connectivity index (χ1n) is 11.1. The molecule has 0 fully saturated rings. The Hall–Kier alpha value is -4.26. The van der Waals surface area contributed by atoms with E-state index in [1.165, 1.54) is 12.1 Å². The number of hydrogen-bond acceptors (Lipinski definition) is 5. The van der Waals surface area contributed by atoms with E-state index in [4.69, 9.17) is 4.74 Å². The van der Waals surface area contributed by atoms with Gasteiger partial charge >= 0.3 is 0 Å². The molecule has 0 bridgehead atoms. The lowest BCUT2D eigenvalue weighted by atomic mass is 10.1. The number of hydrogen-bond donors (Lipinski definition) is 2. The summed E-state index contributed by atoms with van der Waals surface area (Å²) in [5, 5.41) is 14.4. The predicted octanol–water partition coefficient (Wildman–Crippen LogP) is 5.75. The third-order valence-electron chi connectivity index (χ3n) is 5.03. The van der Waals surface area contributed by atoms with E-state index in [0.29, 0.717) is 41.5 Å². The molecule has 6 nitrogen and oxygen atoms in total. The van der Waals surface area contributed by atoms with E-state index in [1.54, 1.807) is 42.5 Å². The highest BCUT2D eigenvalue weighted by Gasteiger charge is 2.08. The van der Waals surface area contributed by atoms with E-state index in [2.05, 4.69) is 27.8 Å². The number of anilines is 2. The number of nitrogens with one attached hydrogen (secondary N) is 2. The SMILES string of the molecule is CCCOc1ccc(CNC(=O)c2cccc(Nc3ccc(-c4cccc(F)c4)nn3)c2)cc1. The first kappa shape index (κ1) is 22.9. The van der Waals surface area contributed by atoms with Crippen LogP contribution in [-0.2, 0) is 6.54 Å². The fourth-order valence-electron chi connectivity index (χ4n) is 3.29. The number of nitrogens with zero attached hydrogens (tertiary/aromatic N) is 2. The molecule has 0 atom stereocenters. The fraction of sp³-hybridized carbons (Fsp3) is 0.148. The van der Waals surface area contributed by atoms with E-state index < -0.39 is 0 Å². The van der Waals surface area contributed by atoms with Gasteiger partial charge in [-0.2, -0.15) is 0 Å². The summed E-state index contributed by atoms with van der Waals surface area (Å²) in [5.74, 6) is 0.836. The summed E-state index contributed by atoms with van der Waals surface area (Å²) >= 11 is 0. The zero-order valence-electron chi connectivity index (χ0n) is 18.8. The van der Waals surface area contributed by atoms with Gasteiger partial charge in [0.15, 0.2) is 5.82 Å². The quantitative estimate of drug-likeness (QED) is 0.336. The molecule has 0 saturated heterocycles. The molecule has 0 unspecified atom stereocenters. The van der Waals surface area contributed by atoms with E-state index in [1.807, 2.05) is 30.3 Å². The molecule has 0 spiro atoms. The predicted molar refractivity (Wildman–Crippen MR) is 131 cm³/mol. The molecule has 4 aromatic rings. The van der Waals surface area contributed by atoms with Gasteiger partial charge in [0, 0.05) is 23.4 Å². The van der Waals surface area contributed by atoms with Crippen molar-refractivity contribution in [1.82, 2.24) is 15.5 Å². The number of carbonyl (C=O) groups is 1. The van der Waals surface area contributed by atoms with Gasteiger partial charge in [-0.1, -0.05) is 37.3 Å². The van der Waals surface area contributed by atoms with Crippen LogP contribution in [-0.4, -0.2) is 22.7 Å². The van der Waals surface area contributed by atoms with Gasteiger partial charge in [0.25, 0.3) is 5.91 Å². The van der Waals surface area contributed by atoms with Crippen molar-refractivity contribution >= 4 is 17.4 Å². The second-order valence-electron chi connectivity index (χ2n) is 7.70. The molecule has 2 N–H and O–H groups in total. The van der Waals surface area contributed by atoms with Crippen molar-refractivity contribution in [2.75, 3.05) is 11.9 Å². The van der Waals surface area contributed by atoms with Crippen molar-refractivity contribution in [1.29, 1.82) is 0 Å². The second-order valence-corrected chi connectivity index (χ2v) is 7.70. The van der Waals surface area contributed by atoms with Gasteiger partial charge in [-0.05, 0) is 66.6 Å². The summed E-state index contributed by atoms with van der Waals surface area (Å²) in [5.41, 5.74) is 3.44. The molecule has 0 aliphatic carbocycles. The summed E-state index contributed by atoms with van der Waals surface area (Å²) in [6, 6.07) is 24.5. The number of rotatable bonds is 9. The molecule has 7 heteroatoms. The van der Waals surface area contributed by atoms with Crippen molar-refractivity contribution in [3.63, 3.8) is 0 Å². The minimum atomic E-state index is -0.324. The molecule has 0 aliphatic heterocycles. The third kappa shape index (κ3) is 6.16. The van der Waals surface area contributed by atoms with Crippen LogP contribution in [0.25, 0.3) is 11.3 Å². The number of benzene rings is 3. The molecule has 0 aliphatic rings. The topological polar surface area (TPSA) is 76.1 Å². The lowest BCUT2D eigenvalue weighted by Gasteiger charge is -2.10. The standard InChI is InChI=1S/C27H25FN4O2/c1-2-15-34-24-11-9-19(10-12-24)18-29-27(33)21-6-4-8-23(17-21)30-26-14-13-25(31-32-26)20-5-3-7-22(28)16-20/h3-14,16-17H,2,15,18H2,1H3,(H,29,33)(H,30,32). The maximum atomic E-state index is 13.4. The largest absolute Gasteiger partial charge is 0.494 e. The Morgan fingerprint density at radius 1 is 0.941 bits per heavy atom. The maximum absolute atomic E-state index is 13.4. The molecule has 0 radical (unpaired) electrons. The van der Waals surface area contributed by atoms with Crippen LogP contribution in [0, 0.1) is 5.82 Å². The van der Waals surface area contributed by atoms with Gasteiger partial charge in [0.1, 0.15) is 11.6 Å². The zero-order valence-corrected chi connectivity index (χ0v) is 18.8. The Kier molecular flexibility index (Phi) is 7.45. The minimum absolute atomic E-state index is 0.178. The van der Waals surface area contributed by atoms with Gasteiger partial charge in [-0.25, -0.2) is 4.39 Å². The molecule has 3 aromatic carbocycles. The van der Waals surface area contributed by atoms with Crippen LogP contribution in [0.4, 0.5) is 15.9 Å². The van der Waals surface area contributed by atoms with Gasteiger partial charge in [-0.3, -0.25) is 4.79 Å². The van der Waals surface area contributed by atoms with Crippen molar-refractivity contribution in [2.24, 2.45) is 0 Å². The number of carbonyl (C=O) groups excluding carboxylic acids is 1. The molecular formula is C27H25FN4O2. The Morgan fingerprint density at radius 3 is 2.50 bits per heavy atom. The van der Waals surface area contributed by atoms with Crippen LogP contribution < -0.4 is 15.4 Å². The highest BCUT2D eigenvalue weighted by molar-refractivity contribution is 5.95. The molecule has 1 amide bonds. The van der Waals surface area contributed by atoms with Gasteiger partial charge in [0.05, 0.1) is 12.3 Å². The van der Waals surface area contributed by atoms with Crippen LogP contribution in [0.3, 0.4) is 0 Å². The van der Waals surface area contributed by atoms with Crippen molar-refractivity contribution in [2.45, 2.75) is 19.9 Å². The first-order valence-corrected chi connectivity index (χ1v) is 11.1. The summed E-state index contributed by atoms with van der Waals surface area (Å²) in [4.78, 5) is 12.6. The van der Waals surface area contributed by atoms with Crippen molar-refractivity contribution in [3.8, 4) is 17.0 Å². The Morgan fingerprint density at radius 2 is 1.76 bits per heavy atom. The molecule has 34 heavy (non-hydrogen) atoms. The van der Waals surface area contributed by atoms with E-state index in [9.17, 15) is 9.18 Å². The number of aromatic nitrogens is 2. The van der Waals surface area contributed by atoms with Crippen LogP contribution in [0.15, 0.2) is 84.9 Å². The monoisotopic (exact) mass is 456 g/mol. The smallest absolute Gasteiger partial charge is 0.251 e. The molecule has 1 aromatic heterocycles. The third-order valence-corrected chi connectivity index (χ3v) is 5.03. The van der Waals surface area contributed by atoms with E-state index >= 15 is 0 Å². The molecule has 4 rings (SSSR count). The highest BCUT2D eigenvalue weighted by atomic mass is 19.1. The van der Waals surface area contributed by atoms with Gasteiger partial charge in [0.2, 0.25) is 0 Å². The number of ether oxygens (including phenoxy) is 1. The summed E-state index contributed by atoms with van der Waals surface area (Å²) in [7, 11) is 0. The molecule has 172 valence electrons. The summed E-state index contributed by atoms with van der Waals surface area (Å²) in [6.07, 6.45) is 0.957. The van der Waals surface area contributed by atoms with Crippen molar-refractivity contribution in [3.05, 3.63) is 102 Å². The first-order chi connectivity index (χ1) is 16.6. The Bertz CT molecular complexity index is 1240. The van der Waals surface area contributed by atoms with E-state index in [0.717, 1.165) is 17.7 Å². The average molecular weight is 457 g/mol. The summed E-state index contributed by atoms with van der Waals surface area (Å²) in [6.45, 7) is 3.16. The molecule has 1 heterocycles. The second kappa shape index (κ2) is 11.0. The normalized spacial score (nSPS) is 10.5. The number of amides is 1. The lowest BCUT2D eigenvalue weighted by Crippen LogP contribution is -2.22. The maximum Gasteiger partial charge on any atom is 0.251 e. The minimum Gasteiger partial charge on any atom is -0.494 e. The highest BCUT2D eigenvalue weighted by Crippen LogP contribution is 2.20. The van der Waals surface area contributed by atoms with Gasteiger partial charge in [-0.15, -0.1) is 10.2 Å². The fourth-order valence-corrected chi connectivity index (χ4v) is 3.29. The summed E-state index contributed by atoms with van der Waals surface area (Å²) < 4.78 is 19.0. The molecular weight excluding hydrogens is 431 g/mol. The number of halogens is 1. The zero-order chi connectivity index (χ0) is 23.8. The van der Waals surface area contributed by atoms with E-state index in [-0.39, 0.29) is 11.7 Å².